The summed E-state index contributed by atoms with van der Waals surface area (Å²) in [5.74, 6) is 1.55. The molecule has 1 aliphatic carbocycles. The smallest absolute Gasteiger partial charge is 0.225 e. The van der Waals surface area contributed by atoms with Gasteiger partial charge in [0, 0.05) is 37.3 Å². The van der Waals surface area contributed by atoms with Gasteiger partial charge in [0.05, 0.1) is 0 Å². The molecule has 0 bridgehead atoms. The number of ketones is 1. The van der Waals surface area contributed by atoms with Gasteiger partial charge >= 0.3 is 0 Å². The topological polar surface area (TPSA) is 37.4 Å². The molecule has 84 valence electrons. The number of carbonyl (C=O) groups excluding carboxylic acids is 2. The molecule has 0 atom stereocenters. The van der Waals surface area contributed by atoms with Crippen LogP contribution in [0.1, 0.15) is 33.1 Å². The second-order valence-electron chi connectivity index (χ2n) is 5.21. The number of hydrogen-bond donors (Lipinski definition) is 0. The highest BCUT2D eigenvalue weighted by molar-refractivity contribution is 5.83. The van der Waals surface area contributed by atoms with Gasteiger partial charge in [0.1, 0.15) is 5.78 Å². The molecule has 2 rings (SSSR count). The van der Waals surface area contributed by atoms with Gasteiger partial charge in [0.2, 0.25) is 5.91 Å². The standard InChI is InChI=1S/C12H19NO2/c1-8(2)11(14)5-9-6-13(7-9)12(15)10-3-4-10/h8-10H,3-7H2,1-2H3. The Hall–Kier alpha value is -0.860. The molecule has 1 heterocycles. The van der Waals surface area contributed by atoms with E-state index in [2.05, 4.69) is 0 Å². The van der Waals surface area contributed by atoms with Gasteiger partial charge in [0.25, 0.3) is 0 Å². The number of amides is 1. The van der Waals surface area contributed by atoms with Crippen LogP contribution < -0.4 is 0 Å². The highest BCUT2D eigenvalue weighted by Crippen LogP contribution is 2.34. The molecule has 0 unspecified atom stereocenters. The zero-order valence-corrected chi connectivity index (χ0v) is 9.53. The third-order valence-electron chi connectivity index (χ3n) is 3.33. The summed E-state index contributed by atoms with van der Waals surface area (Å²) < 4.78 is 0. The van der Waals surface area contributed by atoms with Crippen molar-refractivity contribution in [3.05, 3.63) is 0 Å². The minimum atomic E-state index is 0.137. The Morgan fingerprint density at radius 1 is 1.27 bits per heavy atom. The van der Waals surface area contributed by atoms with E-state index in [-0.39, 0.29) is 5.92 Å². The fraction of sp³-hybridized carbons (Fsp3) is 0.833. The fourth-order valence-corrected chi connectivity index (χ4v) is 1.99. The molecule has 0 radical (unpaired) electrons. The van der Waals surface area contributed by atoms with Gasteiger partial charge in [-0.25, -0.2) is 0 Å². The van der Waals surface area contributed by atoms with E-state index in [4.69, 9.17) is 0 Å². The molecular formula is C12H19NO2. The molecule has 3 nitrogen and oxygen atoms in total. The quantitative estimate of drug-likeness (QED) is 0.703. The minimum absolute atomic E-state index is 0.137. The lowest BCUT2D eigenvalue weighted by atomic mass is 9.90. The van der Waals surface area contributed by atoms with Gasteiger partial charge in [-0.05, 0) is 12.8 Å². The molecule has 0 N–H and O–H groups in total. The maximum atomic E-state index is 11.6. The molecule has 1 aliphatic heterocycles. The zero-order valence-electron chi connectivity index (χ0n) is 9.53. The molecule has 2 fully saturated rings. The lowest BCUT2D eigenvalue weighted by molar-refractivity contribution is -0.140. The van der Waals surface area contributed by atoms with Crippen LogP contribution in [-0.4, -0.2) is 29.7 Å². The number of rotatable bonds is 4. The summed E-state index contributed by atoms with van der Waals surface area (Å²) in [6.07, 6.45) is 2.81. The Morgan fingerprint density at radius 2 is 1.87 bits per heavy atom. The fourth-order valence-electron chi connectivity index (χ4n) is 1.99. The predicted molar refractivity (Wildman–Crippen MR) is 57.3 cm³/mol. The van der Waals surface area contributed by atoms with Crippen LogP contribution in [0.2, 0.25) is 0 Å². The van der Waals surface area contributed by atoms with E-state index < -0.39 is 0 Å². The van der Waals surface area contributed by atoms with Crippen LogP contribution in [0.4, 0.5) is 0 Å². The Morgan fingerprint density at radius 3 is 2.33 bits per heavy atom. The summed E-state index contributed by atoms with van der Waals surface area (Å²) in [5, 5.41) is 0. The normalized spacial score (nSPS) is 21.7. The molecule has 15 heavy (non-hydrogen) atoms. The Labute approximate surface area is 90.8 Å². The predicted octanol–water partition coefficient (Wildman–Crippen LogP) is 1.47. The number of hydrogen-bond acceptors (Lipinski definition) is 2. The molecule has 1 saturated heterocycles. The van der Waals surface area contributed by atoms with Gasteiger partial charge in [0.15, 0.2) is 0 Å². The third-order valence-corrected chi connectivity index (χ3v) is 3.33. The first-order chi connectivity index (χ1) is 7.08. The highest BCUT2D eigenvalue weighted by atomic mass is 16.2. The van der Waals surface area contributed by atoms with Gasteiger partial charge in [-0.15, -0.1) is 0 Å². The zero-order chi connectivity index (χ0) is 11.0. The summed E-state index contributed by atoms with van der Waals surface area (Å²) in [7, 11) is 0. The molecule has 3 heteroatoms. The Kier molecular flexibility index (Phi) is 2.81. The van der Waals surface area contributed by atoms with Gasteiger partial charge < -0.3 is 4.90 Å². The van der Waals surface area contributed by atoms with Gasteiger partial charge in [-0.3, -0.25) is 9.59 Å². The van der Waals surface area contributed by atoms with Crippen molar-refractivity contribution >= 4 is 11.7 Å². The van der Waals surface area contributed by atoms with Crippen LogP contribution in [0, 0.1) is 17.8 Å². The van der Waals surface area contributed by atoms with Crippen molar-refractivity contribution in [2.75, 3.05) is 13.1 Å². The van der Waals surface area contributed by atoms with Crippen molar-refractivity contribution in [2.45, 2.75) is 33.1 Å². The minimum Gasteiger partial charge on any atom is -0.342 e. The summed E-state index contributed by atoms with van der Waals surface area (Å²) in [4.78, 5) is 25.0. The molecule has 0 aromatic carbocycles. The monoisotopic (exact) mass is 209 g/mol. The van der Waals surface area contributed by atoms with E-state index in [0.29, 0.717) is 29.9 Å². The molecular weight excluding hydrogens is 190 g/mol. The molecule has 1 amide bonds. The summed E-state index contributed by atoms with van der Waals surface area (Å²) in [6.45, 7) is 5.50. The van der Waals surface area contributed by atoms with Crippen LogP contribution in [-0.2, 0) is 9.59 Å². The first kappa shape index (κ1) is 10.7. The van der Waals surface area contributed by atoms with Crippen molar-refractivity contribution in [2.24, 2.45) is 17.8 Å². The molecule has 1 saturated carbocycles. The molecule has 0 aromatic heterocycles. The average Bonchev–Trinajstić information content (AvgIpc) is 2.91. The first-order valence-corrected chi connectivity index (χ1v) is 5.89. The average molecular weight is 209 g/mol. The van der Waals surface area contributed by atoms with Crippen molar-refractivity contribution in [3.8, 4) is 0 Å². The summed E-state index contributed by atoms with van der Waals surface area (Å²) in [6, 6.07) is 0. The van der Waals surface area contributed by atoms with Crippen molar-refractivity contribution in [1.29, 1.82) is 0 Å². The molecule has 2 aliphatic rings. The van der Waals surface area contributed by atoms with E-state index in [9.17, 15) is 9.59 Å². The van der Waals surface area contributed by atoms with Crippen LogP contribution >= 0.6 is 0 Å². The number of Topliss-reactive ketones (excluding diaryl/α,β-unsaturated/α-hetero) is 1. The van der Waals surface area contributed by atoms with Gasteiger partial charge in [-0.1, -0.05) is 13.8 Å². The van der Waals surface area contributed by atoms with Crippen LogP contribution in [0.5, 0.6) is 0 Å². The Balaban J connectivity index is 1.69. The van der Waals surface area contributed by atoms with Crippen molar-refractivity contribution in [1.82, 2.24) is 4.90 Å². The van der Waals surface area contributed by atoms with Crippen molar-refractivity contribution in [3.63, 3.8) is 0 Å². The maximum Gasteiger partial charge on any atom is 0.225 e. The SMILES string of the molecule is CC(C)C(=O)CC1CN(C(=O)C2CC2)C1. The van der Waals surface area contributed by atoms with E-state index >= 15 is 0 Å². The van der Waals surface area contributed by atoms with E-state index in [1.165, 1.54) is 0 Å². The van der Waals surface area contributed by atoms with E-state index in [1.54, 1.807) is 0 Å². The second kappa shape index (κ2) is 3.95. The van der Waals surface area contributed by atoms with Crippen LogP contribution in [0.3, 0.4) is 0 Å². The van der Waals surface area contributed by atoms with E-state index in [0.717, 1.165) is 25.9 Å². The van der Waals surface area contributed by atoms with Crippen molar-refractivity contribution < 1.29 is 9.59 Å². The summed E-state index contributed by atoms with van der Waals surface area (Å²) >= 11 is 0. The summed E-state index contributed by atoms with van der Waals surface area (Å²) in [5.41, 5.74) is 0. The third kappa shape index (κ3) is 2.39. The second-order valence-corrected chi connectivity index (χ2v) is 5.21. The molecule has 0 spiro atoms. The lowest BCUT2D eigenvalue weighted by Crippen LogP contribution is -2.51. The number of carbonyl (C=O) groups is 2. The number of nitrogens with zero attached hydrogens (tertiary/aromatic N) is 1. The molecule has 0 aromatic rings. The largest absolute Gasteiger partial charge is 0.342 e. The highest BCUT2D eigenvalue weighted by Gasteiger charge is 2.39. The van der Waals surface area contributed by atoms with Gasteiger partial charge in [-0.2, -0.15) is 0 Å². The van der Waals surface area contributed by atoms with Crippen LogP contribution in [0.15, 0.2) is 0 Å². The number of likely N-dealkylation sites (tertiary alicyclic amines) is 1. The maximum absolute atomic E-state index is 11.6. The first-order valence-electron chi connectivity index (χ1n) is 5.89. The lowest BCUT2D eigenvalue weighted by Gasteiger charge is -2.39. The Bertz CT molecular complexity index is 275. The van der Waals surface area contributed by atoms with Crippen LogP contribution in [0.25, 0.3) is 0 Å². The van der Waals surface area contributed by atoms with E-state index in [1.807, 2.05) is 18.7 Å².